The van der Waals surface area contributed by atoms with Crippen molar-refractivity contribution in [1.82, 2.24) is 10.6 Å². The number of ether oxygens (including phenoxy) is 1. The summed E-state index contributed by atoms with van der Waals surface area (Å²) in [5.74, 6) is 0.803. The van der Waals surface area contributed by atoms with Crippen LogP contribution in [0.5, 0.6) is 11.5 Å². The van der Waals surface area contributed by atoms with Gasteiger partial charge in [-0.05, 0) is 62.1 Å². The molecule has 0 aliphatic rings. The second-order valence-electron chi connectivity index (χ2n) is 6.53. The van der Waals surface area contributed by atoms with Gasteiger partial charge in [-0.2, -0.15) is 0 Å². The molecule has 0 amide bonds. The lowest BCUT2D eigenvalue weighted by molar-refractivity contribution is 0.386. The molecule has 6 heteroatoms. The van der Waals surface area contributed by atoms with E-state index in [9.17, 15) is 9.50 Å². The van der Waals surface area contributed by atoms with Gasteiger partial charge in [0.25, 0.3) is 0 Å². The minimum absolute atomic E-state index is 0.133. The van der Waals surface area contributed by atoms with E-state index >= 15 is 0 Å². The fourth-order valence-electron chi connectivity index (χ4n) is 2.87. The van der Waals surface area contributed by atoms with Gasteiger partial charge in [0, 0.05) is 6.54 Å². The Kier molecular flexibility index (Phi) is 7.05. The lowest BCUT2D eigenvalue weighted by Gasteiger charge is -2.19. The molecule has 0 aliphatic heterocycles. The summed E-state index contributed by atoms with van der Waals surface area (Å²) in [5.41, 5.74) is 3.49. The number of hydrogen-bond donors (Lipinski definition) is 3. The second-order valence-corrected chi connectivity index (χ2v) is 6.53. The first-order valence-electron chi connectivity index (χ1n) is 9.03. The first kappa shape index (κ1) is 20.6. The number of aryl methyl sites for hydroxylation is 2. The van der Waals surface area contributed by atoms with E-state index in [-0.39, 0.29) is 17.6 Å². The maximum Gasteiger partial charge on any atom is 0.192 e. The third-order valence-electron chi connectivity index (χ3n) is 4.34. The van der Waals surface area contributed by atoms with Crippen molar-refractivity contribution in [3.8, 4) is 11.5 Å². The zero-order valence-corrected chi connectivity index (χ0v) is 16.6. The van der Waals surface area contributed by atoms with Crippen LogP contribution in [0.1, 0.15) is 42.1 Å². The van der Waals surface area contributed by atoms with Gasteiger partial charge in [0.1, 0.15) is 5.75 Å². The Hall–Kier alpha value is -2.76. The Bertz CT molecular complexity index is 798. The van der Waals surface area contributed by atoms with Crippen molar-refractivity contribution in [2.75, 3.05) is 13.7 Å². The van der Waals surface area contributed by atoms with Crippen molar-refractivity contribution in [2.24, 2.45) is 4.99 Å². The molecular weight excluding hydrogens is 345 g/mol. The molecule has 27 heavy (non-hydrogen) atoms. The number of hydrogen-bond acceptors (Lipinski definition) is 3. The molecule has 146 valence electrons. The largest absolute Gasteiger partial charge is 0.507 e. The summed E-state index contributed by atoms with van der Waals surface area (Å²) in [4.78, 5) is 4.61. The van der Waals surface area contributed by atoms with E-state index in [2.05, 4.69) is 15.6 Å². The van der Waals surface area contributed by atoms with Gasteiger partial charge in [-0.25, -0.2) is 9.38 Å². The van der Waals surface area contributed by atoms with Crippen LogP contribution in [0, 0.1) is 19.7 Å². The lowest BCUT2D eigenvalue weighted by atomic mass is 10.1. The fourth-order valence-corrected chi connectivity index (χ4v) is 2.87. The van der Waals surface area contributed by atoms with Crippen LogP contribution < -0.4 is 15.4 Å². The van der Waals surface area contributed by atoms with E-state index in [0.29, 0.717) is 24.8 Å². The number of aliphatic imine (C=N–C) groups is 1. The molecule has 1 unspecified atom stereocenters. The molecule has 1 atom stereocenters. The minimum atomic E-state index is -0.388. The molecule has 0 aromatic heterocycles. The van der Waals surface area contributed by atoms with Crippen LogP contribution in [0.2, 0.25) is 0 Å². The number of phenolic OH excluding ortho intramolecular Hbond substituents is 1. The van der Waals surface area contributed by atoms with Crippen molar-refractivity contribution in [1.29, 1.82) is 0 Å². The summed E-state index contributed by atoms with van der Waals surface area (Å²) in [6.07, 6.45) is 0. The summed E-state index contributed by atoms with van der Waals surface area (Å²) >= 11 is 0. The molecule has 5 nitrogen and oxygen atoms in total. The van der Waals surface area contributed by atoms with Crippen molar-refractivity contribution >= 4 is 5.96 Å². The molecule has 0 fully saturated rings. The zero-order chi connectivity index (χ0) is 20.0. The van der Waals surface area contributed by atoms with Crippen molar-refractivity contribution < 1.29 is 14.2 Å². The van der Waals surface area contributed by atoms with Gasteiger partial charge >= 0.3 is 0 Å². The van der Waals surface area contributed by atoms with Gasteiger partial charge in [0.15, 0.2) is 17.5 Å². The number of methoxy groups -OCH3 is 1. The van der Waals surface area contributed by atoms with Crippen LogP contribution in [-0.2, 0) is 6.54 Å². The van der Waals surface area contributed by atoms with Gasteiger partial charge in [0.05, 0.1) is 19.7 Å². The maximum absolute atomic E-state index is 14.0. The summed E-state index contributed by atoms with van der Waals surface area (Å²) in [6.45, 7) is 8.87. The standard InChI is InChI=1S/C21H28FN3O2/c1-6-23-21(24-12-16-9-13(2)20(26)14(3)10-16)25-15(4)17-7-8-19(27-5)18(22)11-17/h7-11,15,26H,6,12H2,1-5H3,(H2,23,24,25). The maximum atomic E-state index is 14.0. The molecular formula is C21H28FN3O2. The molecule has 0 radical (unpaired) electrons. The van der Waals surface area contributed by atoms with Gasteiger partial charge < -0.3 is 20.5 Å². The first-order chi connectivity index (χ1) is 12.8. The topological polar surface area (TPSA) is 65.9 Å². The van der Waals surface area contributed by atoms with Crippen LogP contribution in [0.25, 0.3) is 0 Å². The molecule has 3 N–H and O–H groups in total. The van der Waals surface area contributed by atoms with Crippen molar-refractivity contribution in [2.45, 2.75) is 40.3 Å². The number of benzene rings is 2. The van der Waals surface area contributed by atoms with E-state index in [0.717, 1.165) is 22.3 Å². The normalized spacial score (nSPS) is 12.6. The lowest BCUT2D eigenvalue weighted by Crippen LogP contribution is -2.38. The monoisotopic (exact) mass is 373 g/mol. The molecule has 0 heterocycles. The molecule has 0 spiro atoms. The molecule has 0 aliphatic carbocycles. The van der Waals surface area contributed by atoms with Crippen LogP contribution in [0.4, 0.5) is 4.39 Å². The van der Waals surface area contributed by atoms with Gasteiger partial charge in [-0.3, -0.25) is 0 Å². The third-order valence-corrected chi connectivity index (χ3v) is 4.34. The predicted molar refractivity (Wildman–Crippen MR) is 107 cm³/mol. The SMILES string of the molecule is CCNC(=NCc1cc(C)c(O)c(C)c1)NC(C)c1ccc(OC)c(F)c1. The Morgan fingerprint density at radius 2 is 1.89 bits per heavy atom. The Morgan fingerprint density at radius 3 is 2.44 bits per heavy atom. The van der Waals surface area contributed by atoms with E-state index in [1.807, 2.05) is 45.9 Å². The number of nitrogens with one attached hydrogen (secondary N) is 2. The molecule has 0 bridgehead atoms. The first-order valence-corrected chi connectivity index (χ1v) is 9.03. The summed E-state index contributed by atoms with van der Waals surface area (Å²) in [5, 5.41) is 16.4. The smallest absolute Gasteiger partial charge is 0.192 e. The quantitative estimate of drug-likeness (QED) is 0.529. The number of nitrogens with zero attached hydrogens (tertiary/aromatic N) is 1. The van der Waals surface area contributed by atoms with E-state index in [1.54, 1.807) is 6.07 Å². The predicted octanol–water partition coefficient (Wildman–Crippen LogP) is 3.97. The number of aromatic hydroxyl groups is 1. The van der Waals surface area contributed by atoms with Crippen LogP contribution in [0.15, 0.2) is 35.3 Å². The average molecular weight is 373 g/mol. The number of guanidine groups is 1. The highest BCUT2D eigenvalue weighted by Crippen LogP contribution is 2.24. The third kappa shape index (κ3) is 5.36. The Morgan fingerprint density at radius 1 is 1.22 bits per heavy atom. The summed E-state index contributed by atoms with van der Waals surface area (Å²) in [6, 6.07) is 8.64. The van der Waals surface area contributed by atoms with Gasteiger partial charge in [0.2, 0.25) is 0 Å². The highest BCUT2D eigenvalue weighted by molar-refractivity contribution is 5.80. The summed E-state index contributed by atoms with van der Waals surface area (Å²) < 4.78 is 18.9. The van der Waals surface area contributed by atoms with Crippen LogP contribution in [0.3, 0.4) is 0 Å². The van der Waals surface area contributed by atoms with E-state index in [1.165, 1.54) is 13.2 Å². The zero-order valence-electron chi connectivity index (χ0n) is 16.6. The molecule has 2 aromatic rings. The van der Waals surface area contributed by atoms with Gasteiger partial charge in [-0.15, -0.1) is 0 Å². The average Bonchev–Trinajstić information content (AvgIpc) is 2.64. The van der Waals surface area contributed by atoms with Crippen LogP contribution in [-0.4, -0.2) is 24.7 Å². The summed E-state index contributed by atoms with van der Waals surface area (Å²) in [7, 11) is 1.45. The van der Waals surface area contributed by atoms with Gasteiger partial charge in [-0.1, -0.05) is 18.2 Å². The number of halogens is 1. The minimum Gasteiger partial charge on any atom is -0.507 e. The number of rotatable bonds is 6. The van der Waals surface area contributed by atoms with E-state index < -0.39 is 0 Å². The molecule has 2 rings (SSSR count). The highest BCUT2D eigenvalue weighted by atomic mass is 19.1. The van der Waals surface area contributed by atoms with Crippen LogP contribution >= 0.6 is 0 Å². The van der Waals surface area contributed by atoms with Crippen molar-refractivity contribution in [3.05, 3.63) is 58.4 Å². The highest BCUT2D eigenvalue weighted by Gasteiger charge is 2.11. The van der Waals surface area contributed by atoms with Crippen molar-refractivity contribution in [3.63, 3.8) is 0 Å². The molecule has 0 saturated heterocycles. The Balaban J connectivity index is 2.14. The van der Waals surface area contributed by atoms with E-state index in [4.69, 9.17) is 4.74 Å². The molecule has 2 aromatic carbocycles. The molecule has 0 saturated carbocycles. The number of phenols is 1. The Labute approximate surface area is 160 Å². The second kappa shape index (κ2) is 9.26. The fraction of sp³-hybridized carbons (Fsp3) is 0.381.